The fraction of sp³-hybridized carbons (Fsp3) is 0.0556. The van der Waals surface area contributed by atoms with Gasteiger partial charge in [0.25, 0.3) is 0 Å². The number of benzene rings is 1. The number of aromatic nitrogens is 2. The van der Waals surface area contributed by atoms with E-state index in [9.17, 15) is 5.26 Å². The van der Waals surface area contributed by atoms with Gasteiger partial charge in [0.15, 0.2) is 0 Å². The maximum atomic E-state index is 9.54. The van der Waals surface area contributed by atoms with Gasteiger partial charge in [0.2, 0.25) is 5.88 Å². The quantitative estimate of drug-likeness (QED) is 0.577. The highest BCUT2D eigenvalue weighted by atomic mass is 16.3. The van der Waals surface area contributed by atoms with Crippen LogP contribution >= 0.6 is 0 Å². The van der Waals surface area contributed by atoms with Crippen molar-refractivity contribution in [2.24, 2.45) is 0 Å². The van der Waals surface area contributed by atoms with Crippen LogP contribution in [0.5, 0.6) is 0 Å². The summed E-state index contributed by atoms with van der Waals surface area (Å²) < 4.78 is 5.74. The van der Waals surface area contributed by atoms with Gasteiger partial charge in [-0.2, -0.15) is 5.26 Å². The second kappa shape index (κ2) is 4.82. The fourth-order valence-corrected chi connectivity index (χ4v) is 2.88. The third kappa shape index (κ3) is 1.93. The maximum Gasteiger partial charge on any atom is 0.209 e. The lowest BCUT2D eigenvalue weighted by Crippen LogP contribution is -1.96. The van der Waals surface area contributed by atoms with Gasteiger partial charge >= 0.3 is 0 Å². The minimum Gasteiger partial charge on any atom is -0.439 e. The van der Waals surface area contributed by atoms with Gasteiger partial charge in [-0.1, -0.05) is 0 Å². The summed E-state index contributed by atoms with van der Waals surface area (Å²) in [7, 11) is 0. The number of rotatable bonds is 1. The molecule has 0 atom stereocenters. The molecule has 5 heteroatoms. The van der Waals surface area contributed by atoms with Crippen LogP contribution in [0.25, 0.3) is 33.0 Å². The third-order valence-electron chi connectivity index (χ3n) is 3.88. The van der Waals surface area contributed by atoms with E-state index in [1.807, 2.05) is 31.2 Å². The summed E-state index contributed by atoms with van der Waals surface area (Å²) in [6, 6.07) is 9.84. The van der Waals surface area contributed by atoms with Gasteiger partial charge in [0, 0.05) is 40.5 Å². The summed E-state index contributed by atoms with van der Waals surface area (Å²) in [5.41, 5.74) is 10.4. The average Bonchev–Trinajstić information content (AvgIpc) is 3.02. The van der Waals surface area contributed by atoms with Crippen molar-refractivity contribution in [2.45, 2.75) is 6.92 Å². The molecule has 0 aliphatic carbocycles. The predicted octanol–water partition coefficient (Wildman–Crippen LogP) is 3.81. The van der Waals surface area contributed by atoms with Crippen LogP contribution in [-0.4, -0.2) is 9.97 Å². The average molecular weight is 300 g/mol. The van der Waals surface area contributed by atoms with E-state index in [4.69, 9.17) is 10.2 Å². The molecule has 0 amide bonds. The van der Waals surface area contributed by atoms with Crippen LogP contribution < -0.4 is 5.73 Å². The number of aryl methyl sites for hydroxylation is 1. The molecule has 110 valence electrons. The van der Waals surface area contributed by atoms with E-state index >= 15 is 0 Å². The van der Waals surface area contributed by atoms with Crippen molar-refractivity contribution in [3.63, 3.8) is 0 Å². The number of pyridine rings is 1. The van der Waals surface area contributed by atoms with Crippen LogP contribution in [0.2, 0.25) is 0 Å². The van der Waals surface area contributed by atoms with Crippen molar-refractivity contribution in [1.82, 2.24) is 9.97 Å². The molecule has 0 spiro atoms. The molecule has 0 radical (unpaired) electrons. The van der Waals surface area contributed by atoms with Gasteiger partial charge in [-0.15, -0.1) is 0 Å². The highest BCUT2D eigenvalue weighted by Crippen LogP contribution is 2.38. The van der Waals surface area contributed by atoms with E-state index in [-0.39, 0.29) is 5.88 Å². The Hall–Kier alpha value is -3.39. The van der Waals surface area contributed by atoms with Crippen molar-refractivity contribution in [1.29, 1.82) is 5.26 Å². The normalized spacial score (nSPS) is 11.0. The summed E-state index contributed by atoms with van der Waals surface area (Å²) in [5, 5.41) is 11.2. The number of hydrogen-bond donors (Lipinski definition) is 1. The monoisotopic (exact) mass is 300 g/mol. The SMILES string of the molecule is Cc1cncc(-c2c(C#N)c(N)oc3c2ccc2nccc23)c1. The van der Waals surface area contributed by atoms with E-state index < -0.39 is 0 Å². The Morgan fingerprint density at radius 1 is 1.17 bits per heavy atom. The van der Waals surface area contributed by atoms with Crippen molar-refractivity contribution in [2.75, 3.05) is 5.73 Å². The standard InChI is InChI=1S/C18H12N4O/c1-10-6-11(9-21-8-10)16-13-2-3-15-12(4-5-22-15)17(13)23-18(20)14(16)7-19/h2-6,8-9H,20H2,1H3. The molecular formula is C18H12N4O. The molecular weight excluding hydrogens is 288 g/mol. The molecule has 0 fully saturated rings. The Morgan fingerprint density at radius 2 is 2.04 bits per heavy atom. The Bertz CT molecular complexity index is 1110. The Labute approximate surface area is 132 Å². The second-order valence-corrected chi connectivity index (χ2v) is 5.40. The van der Waals surface area contributed by atoms with Crippen LogP contribution in [0, 0.1) is 18.3 Å². The largest absolute Gasteiger partial charge is 0.439 e. The second-order valence-electron chi connectivity index (χ2n) is 5.40. The first-order valence-corrected chi connectivity index (χ1v) is 7.11. The minimum absolute atomic E-state index is 0.102. The van der Waals surface area contributed by atoms with Gasteiger partial charge in [0.05, 0.1) is 5.52 Å². The lowest BCUT2D eigenvalue weighted by atomic mass is 9.96. The zero-order valence-corrected chi connectivity index (χ0v) is 12.4. The number of anilines is 1. The number of nitrogens with zero attached hydrogens (tertiary/aromatic N) is 3. The molecule has 5 nitrogen and oxygen atoms in total. The van der Waals surface area contributed by atoms with Crippen LogP contribution in [0.1, 0.15) is 11.1 Å². The lowest BCUT2D eigenvalue weighted by molar-refractivity contribution is 0.628. The van der Waals surface area contributed by atoms with E-state index in [0.717, 1.165) is 33.0 Å². The molecule has 4 aromatic rings. The third-order valence-corrected chi connectivity index (χ3v) is 3.88. The highest BCUT2D eigenvalue weighted by Gasteiger charge is 2.18. The van der Waals surface area contributed by atoms with Crippen molar-refractivity contribution in [3.05, 3.63) is 54.0 Å². The van der Waals surface area contributed by atoms with E-state index in [1.165, 1.54) is 0 Å². The Balaban J connectivity index is 2.22. The molecule has 3 heterocycles. The summed E-state index contributed by atoms with van der Waals surface area (Å²) in [4.78, 5) is 8.51. The topological polar surface area (TPSA) is 88.7 Å². The number of nitrogen functional groups attached to an aromatic ring is 1. The number of nitrogens with two attached hydrogens (primary N) is 1. The summed E-state index contributed by atoms with van der Waals surface area (Å²) >= 11 is 0. The van der Waals surface area contributed by atoms with E-state index in [2.05, 4.69) is 16.0 Å². The van der Waals surface area contributed by atoms with Crippen LogP contribution in [0.3, 0.4) is 0 Å². The Kier molecular flexibility index (Phi) is 2.78. The summed E-state index contributed by atoms with van der Waals surface area (Å²) in [6.07, 6.45) is 5.23. The molecule has 2 N–H and O–H groups in total. The molecule has 0 saturated carbocycles. The zero-order valence-electron chi connectivity index (χ0n) is 12.4. The molecule has 0 aliphatic heterocycles. The van der Waals surface area contributed by atoms with E-state index in [0.29, 0.717) is 11.1 Å². The number of nitriles is 1. The zero-order chi connectivity index (χ0) is 16.0. The van der Waals surface area contributed by atoms with Crippen molar-refractivity contribution in [3.8, 4) is 17.2 Å². The van der Waals surface area contributed by atoms with Crippen LogP contribution in [0.15, 0.2) is 47.3 Å². The molecule has 23 heavy (non-hydrogen) atoms. The molecule has 0 saturated heterocycles. The first-order valence-electron chi connectivity index (χ1n) is 7.11. The molecule has 3 aromatic heterocycles. The number of hydrogen-bond acceptors (Lipinski definition) is 5. The molecule has 4 rings (SSSR count). The first-order chi connectivity index (χ1) is 11.2. The molecule has 1 aromatic carbocycles. The van der Waals surface area contributed by atoms with Gasteiger partial charge in [-0.05, 0) is 36.8 Å². The minimum atomic E-state index is 0.102. The molecule has 0 unspecified atom stereocenters. The van der Waals surface area contributed by atoms with Crippen LogP contribution in [0.4, 0.5) is 5.88 Å². The van der Waals surface area contributed by atoms with Crippen molar-refractivity contribution >= 4 is 27.8 Å². The first kappa shape index (κ1) is 13.3. The van der Waals surface area contributed by atoms with Gasteiger partial charge in [0.1, 0.15) is 17.2 Å². The molecule has 0 bridgehead atoms. The fourth-order valence-electron chi connectivity index (χ4n) is 2.88. The highest BCUT2D eigenvalue weighted by molar-refractivity contribution is 6.09. The smallest absolute Gasteiger partial charge is 0.209 e. The summed E-state index contributed by atoms with van der Waals surface area (Å²) in [6.45, 7) is 1.96. The van der Waals surface area contributed by atoms with E-state index in [1.54, 1.807) is 18.6 Å². The number of fused-ring (bicyclic) bond motifs is 3. The Morgan fingerprint density at radius 3 is 2.83 bits per heavy atom. The maximum absolute atomic E-state index is 9.54. The van der Waals surface area contributed by atoms with Gasteiger partial charge < -0.3 is 10.2 Å². The predicted molar refractivity (Wildman–Crippen MR) is 88.6 cm³/mol. The molecule has 0 aliphatic rings. The van der Waals surface area contributed by atoms with Gasteiger partial charge in [-0.3, -0.25) is 9.97 Å². The van der Waals surface area contributed by atoms with Crippen molar-refractivity contribution < 1.29 is 4.42 Å². The lowest BCUT2D eigenvalue weighted by Gasteiger charge is -2.11. The van der Waals surface area contributed by atoms with Gasteiger partial charge in [-0.25, -0.2) is 0 Å². The summed E-state index contributed by atoms with van der Waals surface area (Å²) in [5.74, 6) is 0.102. The van der Waals surface area contributed by atoms with Crippen LogP contribution in [-0.2, 0) is 0 Å².